The van der Waals surface area contributed by atoms with Gasteiger partial charge in [0.2, 0.25) is 5.88 Å². The number of nitrogens with zero attached hydrogens (tertiary/aromatic N) is 1. The van der Waals surface area contributed by atoms with Gasteiger partial charge in [0.25, 0.3) is 0 Å². The fourth-order valence-corrected chi connectivity index (χ4v) is 2.32. The van der Waals surface area contributed by atoms with E-state index < -0.39 is 0 Å². The first-order valence-corrected chi connectivity index (χ1v) is 7.60. The van der Waals surface area contributed by atoms with Crippen molar-refractivity contribution in [1.82, 2.24) is 5.73 Å². The number of rotatable bonds is 11. The summed E-state index contributed by atoms with van der Waals surface area (Å²) in [4.78, 5) is 0. The van der Waals surface area contributed by atoms with Crippen LogP contribution in [0.25, 0.3) is 0 Å². The predicted molar refractivity (Wildman–Crippen MR) is 76.1 cm³/mol. The van der Waals surface area contributed by atoms with Crippen molar-refractivity contribution >= 4 is 5.88 Å². The maximum Gasteiger partial charge on any atom is 0.241 e. The lowest BCUT2D eigenvalue weighted by atomic mass is 10.0. The van der Waals surface area contributed by atoms with E-state index in [1.165, 1.54) is 57.8 Å². The van der Waals surface area contributed by atoms with Gasteiger partial charge in [-0.2, -0.15) is 0 Å². The molecule has 0 bridgehead atoms. The van der Waals surface area contributed by atoms with E-state index in [1.54, 1.807) is 6.26 Å². The van der Waals surface area contributed by atoms with Gasteiger partial charge < -0.3 is 4.42 Å². The second-order valence-corrected chi connectivity index (χ2v) is 5.18. The smallest absolute Gasteiger partial charge is 0.241 e. The number of unbranched alkanes of at least 4 members (excludes halogenated alkanes) is 9. The number of hydrogen-bond donors (Lipinski definition) is 0. The molecule has 18 heavy (non-hydrogen) atoms. The van der Waals surface area contributed by atoms with Gasteiger partial charge in [-0.25, -0.2) is 0 Å². The summed E-state index contributed by atoms with van der Waals surface area (Å²) in [6, 6.07) is 1.86. The average Bonchev–Trinajstić information content (AvgIpc) is 2.77. The standard InChI is InChI=1S/C16H27NO/c1-2-3-4-5-6-7-8-9-10-11-12-15-13-14-18-16(15)17/h13-14H,2-12H2,1H3. The van der Waals surface area contributed by atoms with Gasteiger partial charge in [0.1, 0.15) is 0 Å². The Morgan fingerprint density at radius 3 is 1.94 bits per heavy atom. The summed E-state index contributed by atoms with van der Waals surface area (Å²) in [5.74, 6) is 0.103. The van der Waals surface area contributed by atoms with Crippen molar-refractivity contribution < 1.29 is 4.42 Å². The first-order chi connectivity index (χ1) is 8.84. The van der Waals surface area contributed by atoms with Crippen LogP contribution in [0.2, 0.25) is 0 Å². The van der Waals surface area contributed by atoms with Crippen LogP contribution in [0, 0.1) is 0 Å². The second kappa shape index (κ2) is 10.0. The Bertz CT molecular complexity index is 293. The molecule has 0 spiro atoms. The molecule has 0 unspecified atom stereocenters. The Morgan fingerprint density at radius 1 is 0.889 bits per heavy atom. The predicted octanol–water partition coefficient (Wildman–Crippen LogP) is 5.44. The van der Waals surface area contributed by atoms with Crippen LogP contribution in [0.5, 0.6) is 0 Å². The van der Waals surface area contributed by atoms with Gasteiger partial charge >= 0.3 is 0 Å². The lowest BCUT2D eigenvalue weighted by Crippen LogP contribution is -1.86. The quantitative estimate of drug-likeness (QED) is 0.481. The number of aryl methyl sites for hydroxylation is 1. The summed E-state index contributed by atoms with van der Waals surface area (Å²) in [6.07, 6.45) is 16.0. The molecule has 0 aliphatic carbocycles. The molecule has 0 fully saturated rings. The topological polar surface area (TPSA) is 35.4 Å². The molecule has 1 aromatic rings. The third-order valence-electron chi connectivity index (χ3n) is 3.52. The van der Waals surface area contributed by atoms with Gasteiger partial charge in [-0.1, -0.05) is 64.7 Å². The van der Waals surface area contributed by atoms with E-state index in [2.05, 4.69) is 6.92 Å². The summed E-state index contributed by atoms with van der Waals surface area (Å²) in [5.41, 5.74) is 10.3. The molecule has 102 valence electrons. The molecular formula is C16H27NO. The Hall–Kier alpha value is -0.920. The molecule has 0 aliphatic rings. The number of furan rings is 1. The Labute approximate surface area is 112 Å². The minimum absolute atomic E-state index is 0.103. The largest absolute Gasteiger partial charge is 0.445 e. The van der Waals surface area contributed by atoms with Crippen LogP contribution in [0.1, 0.15) is 76.7 Å². The fourth-order valence-electron chi connectivity index (χ4n) is 2.32. The van der Waals surface area contributed by atoms with Gasteiger partial charge in [0.05, 0.1) is 6.26 Å². The Kier molecular flexibility index (Phi) is 8.45. The Morgan fingerprint density at radius 2 is 1.44 bits per heavy atom. The van der Waals surface area contributed by atoms with Crippen LogP contribution >= 0.6 is 0 Å². The monoisotopic (exact) mass is 249 g/mol. The van der Waals surface area contributed by atoms with Crippen LogP contribution < -0.4 is 5.73 Å². The van der Waals surface area contributed by atoms with Crippen molar-refractivity contribution in [1.29, 1.82) is 0 Å². The molecule has 0 saturated heterocycles. The normalized spacial score (nSPS) is 10.9. The minimum Gasteiger partial charge on any atom is -0.445 e. The molecule has 0 saturated carbocycles. The first kappa shape index (κ1) is 15.1. The van der Waals surface area contributed by atoms with Crippen molar-refractivity contribution in [2.45, 2.75) is 77.6 Å². The zero-order valence-electron chi connectivity index (χ0n) is 11.8. The van der Waals surface area contributed by atoms with Crippen molar-refractivity contribution in [3.63, 3.8) is 0 Å². The molecule has 0 atom stereocenters. The highest BCUT2D eigenvalue weighted by Gasteiger charge is 2.02. The van der Waals surface area contributed by atoms with Gasteiger partial charge in [-0.15, -0.1) is 5.73 Å². The molecule has 2 nitrogen and oxygen atoms in total. The SMILES string of the molecule is CCCCCCCCCCCCc1ccoc1[N]. The molecule has 0 amide bonds. The zero-order valence-corrected chi connectivity index (χ0v) is 11.8. The maximum atomic E-state index is 9.33. The van der Waals surface area contributed by atoms with Crippen LogP contribution in [-0.2, 0) is 6.42 Å². The van der Waals surface area contributed by atoms with E-state index >= 15 is 0 Å². The van der Waals surface area contributed by atoms with Crippen molar-refractivity contribution in [3.8, 4) is 0 Å². The third kappa shape index (κ3) is 6.73. The summed E-state index contributed by atoms with van der Waals surface area (Å²) in [7, 11) is 0. The zero-order chi connectivity index (χ0) is 13.1. The first-order valence-electron chi connectivity index (χ1n) is 7.60. The van der Waals surface area contributed by atoms with E-state index in [4.69, 9.17) is 4.42 Å². The Balaban J connectivity index is 1.83. The van der Waals surface area contributed by atoms with E-state index in [9.17, 15) is 5.73 Å². The van der Waals surface area contributed by atoms with Crippen LogP contribution in [-0.4, -0.2) is 0 Å². The van der Waals surface area contributed by atoms with Gasteiger partial charge in [0, 0.05) is 5.56 Å². The van der Waals surface area contributed by atoms with Gasteiger partial charge in [0.15, 0.2) is 0 Å². The van der Waals surface area contributed by atoms with Crippen molar-refractivity contribution in [3.05, 3.63) is 17.9 Å². The average molecular weight is 249 g/mol. The molecule has 1 heterocycles. The van der Waals surface area contributed by atoms with E-state index in [0.29, 0.717) is 0 Å². The second-order valence-electron chi connectivity index (χ2n) is 5.18. The molecule has 1 aromatic heterocycles. The molecular weight excluding hydrogens is 222 g/mol. The maximum absolute atomic E-state index is 9.33. The lowest BCUT2D eigenvalue weighted by molar-refractivity contribution is 0.552. The summed E-state index contributed by atoms with van der Waals surface area (Å²) in [5, 5.41) is 0. The highest BCUT2D eigenvalue weighted by molar-refractivity contribution is 5.31. The van der Waals surface area contributed by atoms with E-state index in [1.807, 2.05) is 6.07 Å². The molecule has 0 aliphatic heterocycles. The fraction of sp³-hybridized carbons (Fsp3) is 0.750. The number of hydrogen-bond acceptors (Lipinski definition) is 1. The lowest BCUT2D eigenvalue weighted by Gasteiger charge is -2.02. The van der Waals surface area contributed by atoms with Crippen LogP contribution in [0.15, 0.2) is 16.7 Å². The van der Waals surface area contributed by atoms with Crippen molar-refractivity contribution in [2.75, 3.05) is 0 Å². The highest BCUT2D eigenvalue weighted by Crippen LogP contribution is 2.18. The highest BCUT2D eigenvalue weighted by atomic mass is 16.3. The third-order valence-corrected chi connectivity index (χ3v) is 3.52. The van der Waals surface area contributed by atoms with Crippen molar-refractivity contribution in [2.24, 2.45) is 0 Å². The van der Waals surface area contributed by atoms with E-state index in [0.717, 1.165) is 18.4 Å². The molecule has 0 aromatic carbocycles. The molecule has 2 radical (unpaired) electrons. The van der Waals surface area contributed by atoms with Crippen LogP contribution in [0.3, 0.4) is 0 Å². The molecule has 1 rings (SSSR count). The summed E-state index contributed by atoms with van der Waals surface area (Å²) >= 11 is 0. The summed E-state index contributed by atoms with van der Waals surface area (Å²) < 4.78 is 4.86. The van der Waals surface area contributed by atoms with Gasteiger partial charge in [-0.05, 0) is 18.9 Å². The molecule has 0 N–H and O–H groups in total. The summed E-state index contributed by atoms with van der Waals surface area (Å²) in [6.45, 7) is 2.26. The van der Waals surface area contributed by atoms with E-state index in [-0.39, 0.29) is 5.88 Å². The minimum atomic E-state index is 0.103. The van der Waals surface area contributed by atoms with Gasteiger partial charge in [-0.3, -0.25) is 0 Å². The van der Waals surface area contributed by atoms with Crippen LogP contribution in [0.4, 0.5) is 5.88 Å². The molecule has 2 heteroatoms.